The van der Waals surface area contributed by atoms with Gasteiger partial charge in [0.25, 0.3) is 0 Å². The second kappa shape index (κ2) is 10.4. The van der Waals surface area contributed by atoms with Gasteiger partial charge >= 0.3 is 7.60 Å². The van der Waals surface area contributed by atoms with Gasteiger partial charge in [-0.3, -0.25) is 14.2 Å². The Kier molecular flexibility index (Phi) is 10.2. The van der Waals surface area contributed by atoms with E-state index in [4.69, 9.17) is 9.05 Å². The Morgan fingerprint density at radius 1 is 1.20 bits per heavy atom. The van der Waals surface area contributed by atoms with Crippen LogP contribution in [0.2, 0.25) is 0 Å². The Hall–Kier alpha value is -0.360. The van der Waals surface area contributed by atoms with Gasteiger partial charge in [0.2, 0.25) is 5.91 Å². The zero-order chi connectivity index (χ0) is 15.6. The molecule has 0 aliphatic rings. The van der Waals surface area contributed by atoms with E-state index in [1.54, 1.807) is 13.8 Å². The third kappa shape index (κ3) is 9.53. The minimum atomic E-state index is -3.11. The van der Waals surface area contributed by atoms with Crippen LogP contribution in [-0.2, 0) is 23.2 Å². The Labute approximate surface area is 124 Å². The fourth-order valence-corrected chi connectivity index (χ4v) is 4.01. The molecule has 1 amide bonds. The molecule has 0 radical (unpaired) electrons. The van der Waals surface area contributed by atoms with Crippen molar-refractivity contribution in [1.82, 2.24) is 5.32 Å². The van der Waals surface area contributed by atoms with Crippen molar-refractivity contribution < 1.29 is 23.2 Å². The van der Waals surface area contributed by atoms with E-state index in [1.807, 2.05) is 0 Å². The van der Waals surface area contributed by atoms with Gasteiger partial charge < -0.3 is 14.4 Å². The number of nitrogens with one attached hydrogen (secondary N) is 1. The van der Waals surface area contributed by atoms with E-state index in [9.17, 15) is 14.2 Å². The van der Waals surface area contributed by atoms with Crippen molar-refractivity contribution in [2.75, 3.05) is 25.1 Å². The van der Waals surface area contributed by atoms with Crippen LogP contribution in [0.4, 0.5) is 0 Å². The lowest BCUT2D eigenvalue weighted by molar-refractivity contribution is -0.119. The highest BCUT2D eigenvalue weighted by molar-refractivity contribution is 8.13. The molecule has 0 aliphatic carbocycles. The summed E-state index contributed by atoms with van der Waals surface area (Å²) in [6.45, 7) is 7.01. The minimum Gasteiger partial charge on any atom is -0.353 e. The largest absolute Gasteiger partial charge is 0.353 e. The maximum Gasteiger partial charge on any atom is 0.330 e. The minimum absolute atomic E-state index is 0.0156. The van der Waals surface area contributed by atoms with E-state index >= 15 is 0 Å². The zero-order valence-corrected chi connectivity index (χ0v) is 14.2. The van der Waals surface area contributed by atoms with Crippen molar-refractivity contribution in [3.63, 3.8) is 0 Å². The molecule has 0 aromatic heterocycles. The summed E-state index contributed by atoms with van der Waals surface area (Å²) in [5.41, 5.74) is 0. The zero-order valence-electron chi connectivity index (χ0n) is 12.5. The molecule has 0 bridgehead atoms. The average molecular weight is 325 g/mol. The number of hydrogen-bond acceptors (Lipinski definition) is 6. The number of rotatable bonds is 10. The Balaban J connectivity index is 4.50. The van der Waals surface area contributed by atoms with Crippen LogP contribution < -0.4 is 5.32 Å². The molecule has 8 heteroatoms. The van der Waals surface area contributed by atoms with Gasteiger partial charge in [0.1, 0.15) is 0 Å². The van der Waals surface area contributed by atoms with Crippen molar-refractivity contribution >= 4 is 30.4 Å². The van der Waals surface area contributed by atoms with Crippen LogP contribution in [0.1, 0.15) is 34.1 Å². The molecule has 0 saturated heterocycles. The van der Waals surface area contributed by atoms with E-state index in [-0.39, 0.29) is 23.2 Å². The van der Waals surface area contributed by atoms with Gasteiger partial charge in [0, 0.05) is 25.6 Å². The maximum absolute atomic E-state index is 12.3. The molecule has 0 rings (SSSR count). The number of hydrogen-bond donors (Lipinski definition) is 1. The number of amides is 1. The van der Waals surface area contributed by atoms with Crippen molar-refractivity contribution in [3.05, 3.63) is 0 Å². The summed E-state index contributed by atoms with van der Waals surface area (Å²) < 4.78 is 22.7. The van der Waals surface area contributed by atoms with Crippen LogP contribution in [0.15, 0.2) is 0 Å². The average Bonchev–Trinajstić information content (AvgIpc) is 2.32. The highest BCUT2D eigenvalue weighted by atomic mass is 32.2. The van der Waals surface area contributed by atoms with Gasteiger partial charge in [-0.25, -0.2) is 0 Å². The first-order valence-corrected chi connectivity index (χ1v) is 9.33. The van der Waals surface area contributed by atoms with Crippen molar-refractivity contribution in [1.29, 1.82) is 0 Å². The number of thioether (sulfide) groups is 1. The molecule has 6 nitrogen and oxygen atoms in total. The van der Waals surface area contributed by atoms with Gasteiger partial charge in [0.15, 0.2) is 5.12 Å². The predicted octanol–water partition coefficient (Wildman–Crippen LogP) is 2.43. The van der Waals surface area contributed by atoms with Crippen LogP contribution in [0, 0.1) is 0 Å². The van der Waals surface area contributed by atoms with E-state index in [2.05, 4.69) is 5.32 Å². The van der Waals surface area contributed by atoms with Gasteiger partial charge in [-0.1, -0.05) is 11.8 Å². The summed E-state index contributed by atoms with van der Waals surface area (Å²) in [6, 6.07) is -0.226. The summed E-state index contributed by atoms with van der Waals surface area (Å²) in [5, 5.41) is 2.73. The van der Waals surface area contributed by atoms with Crippen molar-refractivity contribution in [3.8, 4) is 0 Å². The monoisotopic (exact) mass is 325 g/mol. The lowest BCUT2D eigenvalue weighted by Crippen LogP contribution is -2.36. The van der Waals surface area contributed by atoms with Crippen LogP contribution in [0.25, 0.3) is 0 Å². The summed E-state index contributed by atoms with van der Waals surface area (Å²) in [6.07, 6.45) is 0.662. The molecule has 1 unspecified atom stereocenters. The van der Waals surface area contributed by atoms with Gasteiger partial charge in [0.05, 0.1) is 19.4 Å². The van der Waals surface area contributed by atoms with E-state index < -0.39 is 7.60 Å². The molecule has 0 aromatic carbocycles. The molecule has 0 spiro atoms. The highest BCUT2D eigenvalue weighted by Gasteiger charge is 2.25. The summed E-state index contributed by atoms with van der Waals surface area (Å²) in [5.74, 6) is 0.273. The molecule has 0 aliphatic heterocycles. The quantitative estimate of drug-likeness (QED) is 0.621. The Morgan fingerprint density at radius 3 is 2.15 bits per heavy atom. The van der Waals surface area contributed by atoms with E-state index in [0.29, 0.717) is 25.4 Å². The topological polar surface area (TPSA) is 81.7 Å². The van der Waals surface area contributed by atoms with Crippen LogP contribution in [0.3, 0.4) is 0 Å². The van der Waals surface area contributed by atoms with E-state index in [0.717, 1.165) is 11.8 Å². The summed E-state index contributed by atoms with van der Waals surface area (Å²) in [7, 11) is -3.11. The second-order valence-electron chi connectivity index (χ2n) is 4.16. The van der Waals surface area contributed by atoms with Crippen molar-refractivity contribution in [2.45, 2.75) is 40.2 Å². The van der Waals surface area contributed by atoms with Gasteiger partial charge in [-0.2, -0.15) is 0 Å². The van der Waals surface area contributed by atoms with Crippen LogP contribution >= 0.6 is 19.4 Å². The second-order valence-corrected chi connectivity index (χ2v) is 7.54. The predicted molar refractivity (Wildman–Crippen MR) is 81.1 cm³/mol. The first-order chi connectivity index (χ1) is 9.33. The number of carbonyl (C=O) groups is 2. The molecule has 0 saturated carbocycles. The molecular weight excluding hydrogens is 301 g/mol. The fourth-order valence-electron chi connectivity index (χ4n) is 1.58. The first-order valence-electron chi connectivity index (χ1n) is 6.61. The van der Waals surface area contributed by atoms with Crippen molar-refractivity contribution in [2.24, 2.45) is 0 Å². The van der Waals surface area contributed by atoms with Gasteiger partial charge in [-0.15, -0.1) is 0 Å². The Bertz CT molecular complexity index is 354. The SMILES string of the molecule is CCOP(=O)(CCC(CSC(C)=O)NC(C)=O)OCC. The highest BCUT2D eigenvalue weighted by Crippen LogP contribution is 2.48. The molecule has 0 aromatic rings. The molecule has 0 heterocycles. The molecule has 20 heavy (non-hydrogen) atoms. The third-order valence-electron chi connectivity index (χ3n) is 2.30. The maximum atomic E-state index is 12.3. The lowest BCUT2D eigenvalue weighted by Gasteiger charge is -2.21. The molecule has 0 fully saturated rings. The summed E-state index contributed by atoms with van der Waals surface area (Å²) >= 11 is 1.13. The smallest absolute Gasteiger partial charge is 0.330 e. The van der Waals surface area contributed by atoms with Gasteiger partial charge in [-0.05, 0) is 20.3 Å². The van der Waals surface area contributed by atoms with Crippen LogP contribution in [-0.4, -0.2) is 42.2 Å². The molecule has 1 atom stereocenters. The first kappa shape index (κ1) is 19.6. The summed E-state index contributed by atoms with van der Waals surface area (Å²) in [4.78, 5) is 22.1. The lowest BCUT2D eigenvalue weighted by atomic mass is 10.2. The fraction of sp³-hybridized carbons (Fsp3) is 0.833. The van der Waals surface area contributed by atoms with Crippen LogP contribution in [0.5, 0.6) is 0 Å². The number of carbonyl (C=O) groups excluding carboxylic acids is 2. The Morgan fingerprint density at radius 2 is 1.75 bits per heavy atom. The molecule has 118 valence electrons. The third-order valence-corrected chi connectivity index (χ3v) is 5.38. The van der Waals surface area contributed by atoms with E-state index in [1.165, 1.54) is 13.8 Å². The molecular formula is C12H24NO5PS. The standard InChI is InChI=1S/C12H24NO5PS/c1-5-17-19(16,18-6-2)8-7-12(13-10(3)14)9-20-11(4)15/h12H,5-9H2,1-4H3,(H,13,14). The normalized spacial score (nSPS) is 13.0. The molecule has 1 N–H and O–H groups in total.